The van der Waals surface area contributed by atoms with Crippen LogP contribution in [-0.4, -0.2) is 16.0 Å². The second-order valence-corrected chi connectivity index (χ2v) is 5.30. The number of benzene rings is 2. The Kier molecular flexibility index (Phi) is 3.92. The van der Waals surface area contributed by atoms with Gasteiger partial charge in [0.15, 0.2) is 10.9 Å². The molecular formula is C16H9ClF2N2O2. The van der Waals surface area contributed by atoms with E-state index in [1.54, 1.807) is 0 Å². The third-order valence-electron chi connectivity index (χ3n) is 3.42. The molecule has 0 saturated heterocycles. The molecule has 7 heteroatoms. The molecule has 1 N–H and O–H groups in total. The Bertz CT molecular complexity index is 985. The fourth-order valence-corrected chi connectivity index (χ4v) is 2.47. The van der Waals surface area contributed by atoms with E-state index < -0.39 is 23.0 Å². The fraction of sp³-hybridized carbons (Fsp3) is 0.0625. The lowest BCUT2D eigenvalue weighted by atomic mass is 10.0. The van der Waals surface area contributed by atoms with Gasteiger partial charge in [-0.25, -0.2) is 13.9 Å². The Labute approximate surface area is 133 Å². The Morgan fingerprint density at radius 3 is 2.70 bits per heavy atom. The lowest BCUT2D eigenvalue weighted by molar-refractivity contribution is 0.0992. The second-order valence-electron chi connectivity index (χ2n) is 4.94. The molecule has 0 radical (unpaired) electrons. The Balaban J connectivity index is 2.00. The van der Waals surface area contributed by atoms with Crippen LogP contribution in [0.4, 0.5) is 8.78 Å². The van der Waals surface area contributed by atoms with Crippen molar-refractivity contribution in [2.75, 3.05) is 0 Å². The Morgan fingerprint density at radius 1 is 1.13 bits per heavy atom. The highest BCUT2D eigenvalue weighted by molar-refractivity contribution is 6.34. The van der Waals surface area contributed by atoms with Crippen molar-refractivity contribution in [1.29, 1.82) is 0 Å². The summed E-state index contributed by atoms with van der Waals surface area (Å²) >= 11 is 5.87. The predicted molar refractivity (Wildman–Crippen MR) is 81.8 cm³/mol. The maximum atomic E-state index is 13.6. The SMILES string of the molecule is O=C(Cc1cc(F)ccc1F)c1ccc2c(Cl)n[nH]c(=O)c2c1. The van der Waals surface area contributed by atoms with E-state index in [0.29, 0.717) is 5.39 Å². The first-order chi connectivity index (χ1) is 11.0. The molecule has 0 aliphatic rings. The van der Waals surface area contributed by atoms with E-state index in [9.17, 15) is 18.4 Å². The highest BCUT2D eigenvalue weighted by Crippen LogP contribution is 2.20. The molecular weight excluding hydrogens is 326 g/mol. The number of nitrogens with zero attached hydrogens (tertiary/aromatic N) is 1. The van der Waals surface area contributed by atoms with Crippen molar-refractivity contribution >= 4 is 28.2 Å². The van der Waals surface area contributed by atoms with Crippen LogP contribution in [0.5, 0.6) is 0 Å². The lowest BCUT2D eigenvalue weighted by Crippen LogP contribution is -2.11. The van der Waals surface area contributed by atoms with Gasteiger partial charge in [-0.15, -0.1) is 0 Å². The van der Waals surface area contributed by atoms with Crippen molar-refractivity contribution in [3.8, 4) is 0 Å². The van der Waals surface area contributed by atoms with Crippen molar-refractivity contribution in [3.63, 3.8) is 0 Å². The number of hydrogen-bond acceptors (Lipinski definition) is 3. The van der Waals surface area contributed by atoms with Gasteiger partial charge in [0.2, 0.25) is 0 Å². The molecule has 116 valence electrons. The molecule has 3 aromatic rings. The lowest BCUT2D eigenvalue weighted by Gasteiger charge is -2.05. The van der Waals surface area contributed by atoms with Gasteiger partial charge in [0.1, 0.15) is 11.6 Å². The van der Waals surface area contributed by atoms with Crippen molar-refractivity contribution in [1.82, 2.24) is 10.2 Å². The van der Waals surface area contributed by atoms with Crippen LogP contribution in [0.25, 0.3) is 10.8 Å². The average molecular weight is 335 g/mol. The van der Waals surface area contributed by atoms with Gasteiger partial charge in [0, 0.05) is 17.4 Å². The molecule has 3 rings (SSSR count). The number of fused-ring (bicyclic) bond motifs is 1. The second kappa shape index (κ2) is 5.89. The molecule has 0 spiro atoms. The summed E-state index contributed by atoms with van der Waals surface area (Å²) in [5.41, 5.74) is -0.332. The maximum absolute atomic E-state index is 13.6. The highest BCUT2D eigenvalue weighted by atomic mass is 35.5. The van der Waals surface area contributed by atoms with Crippen LogP contribution in [0.1, 0.15) is 15.9 Å². The van der Waals surface area contributed by atoms with Gasteiger partial charge in [-0.1, -0.05) is 23.7 Å². The largest absolute Gasteiger partial charge is 0.294 e. The molecule has 0 fully saturated rings. The zero-order valence-corrected chi connectivity index (χ0v) is 12.3. The van der Waals surface area contributed by atoms with Gasteiger partial charge in [0.05, 0.1) is 5.39 Å². The van der Waals surface area contributed by atoms with E-state index in [1.165, 1.54) is 18.2 Å². The Morgan fingerprint density at radius 2 is 1.91 bits per heavy atom. The van der Waals surface area contributed by atoms with Crippen LogP contribution in [0, 0.1) is 11.6 Å². The van der Waals surface area contributed by atoms with Gasteiger partial charge in [-0.3, -0.25) is 9.59 Å². The zero-order valence-electron chi connectivity index (χ0n) is 11.6. The molecule has 0 aliphatic heterocycles. The van der Waals surface area contributed by atoms with Crippen LogP contribution >= 0.6 is 11.6 Å². The number of carbonyl (C=O) groups is 1. The van der Waals surface area contributed by atoms with Crippen LogP contribution in [0.3, 0.4) is 0 Å². The summed E-state index contributed by atoms with van der Waals surface area (Å²) in [6.45, 7) is 0. The summed E-state index contributed by atoms with van der Waals surface area (Å²) in [5.74, 6) is -1.73. The minimum Gasteiger partial charge on any atom is -0.294 e. The minimum atomic E-state index is -0.661. The van der Waals surface area contributed by atoms with Crippen molar-refractivity contribution in [2.24, 2.45) is 0 Å². The van der Waals surface area contributed by atoms with Gasteiger partial charge in [0.25, 0.3) is 5.56 Å². The summed E-state index contributed by atoms with van der Waals surface area (Å²) in [4.78, 5) is 24.0. The van der Waals surface area contributed by atoms with Crippen LogP contribution in [-0.2, 0) is 6.42 Å². The summed E-state index contributed by atoms with van der Waals surface area (Å²) in [5, 5.41) is 6.56. The Hall–Kier alpha value is -2.60. The quantitative estimate of drug-likeness (QED) is 0.748. The molecule has 23 heavy (non-hydrogen) atoms. The third-order valence-corrected chi connectivity index (χ3v) is 3.71. The fourth-order valence-electron chi connectivity index (χ4n) is 2.26. The average Bonchev–Trinajstić information content (AvgIpc) is 2.54. The number of aromatic nitrogens is 2. The first-order valence-electron chi connectivity index (χ1n) is 6.61. The number of carbonyl (C=O) groups excluding carboxylic acids is 1. The first-order valence-corrected chi connectivity index (χ1v) is 6.98. The molecule has 2 aromatic carbocycles. The van der Waals surface area contributed by atoms with E-state index in [4.69, 9.17) is 11.6 Å². The number of nitrogens with one attached hydrogen (secondary N) is 1. The molecule has 0 bridgehead atoms. The van der Waals surface area contributed by atoms with Gasteiger partial charge < -0.3 is 0 Å². The van der Waals surface area contributed by atoms with Gasteiger partial charge >= 0.3 is 0 Å². The molecule has 0 atom stereocenters. The van der Waals surface area contributed by atoms with Crippen molar-refractivity contribution < 1.29 is 13.6 Å². The van der Waals surface area contributed by atoms with Crippen LogP contribution in [0.15, 0.2) is 41.2 Å². The van der Waals surface area contributed by atoms with Gasteiger partial charge in [-0.05, 0) is 29.8 Å². The summed E-state index contributed by atoms with van der Waals surface area (Å²) in [7, 11) is 0. The van der Waals surface area contributed by atoms with Gasteiger partial charge in [-0.2, -0.15) is 5.10 Å². The normalized spacial score (nSPS) is 10.9. The number of halogens is 3. The van der Waals surface area contributed by atoms with E-state index in [-0.39, 0.29) is 28.1 Å². The highest BCUT2D eigenvalue weighted by Gasteiger charge is 2.14. The predicted octanol–water partition coefficient (Wildman–Crippen LogP) is 3.28. The molecule has 0 unspecified atom stereocenters. The summed E-state index contributed by atoms with van der Waals surface area (Å²) in [6.07, 6.45) is -0.314. The molecule has 0 aliphatic carbocycles. The number of Topliss-reactive ketones (excluding diaryl/α,β-unsaturated/α-hetero) is 1. The monoisotopic (exact) mass is 334 g/mol. The summed E-state index contributed by atoms with van der Waals surface area (Å²) in [6, 6.07) is 7.25. The van der Waals surface area contributed by atoms with Crippen molar-refractivity contribution in [2.45, 2.75) is 6.42 Å². The van der Waals surface area contributed by atoms with E-state index in [0.717, 1.165) is 18.2 Å². The number of hydrogen-bond donors (Lipinski definition) is 1. The molecule has 1 heterocycles. The first kappa shape index (κ1) is 15.3. The summed E-state index contributed by atoms with van der Waals surface area (Å²) < 4.78 is 26.8. The topological polar surface area (TPSA) is 62.8 Å². The van der Waals surface area contributed by atoms with E-state index in [2.05, 4.69) is 10.2 Å². The zero-order chi connectivity index (χ0) is 16.6. The van der Waals surface area contributed by atoms with E-state index >= 15 is 0 Å². The smallest absolute Gasteiger partial charge is 0.272 e. The third kappa shape index (κ3) is 2.98. The maximum Gasteiger partial charge on any atom is 0.272 e. The minimum absolute atomic E-state index is 0.0447. The molecule has 4 nitrogen and oxygen atoms in total. The molecule has 0 saturated carbocycles. The van der Waals surface area contributed by atoms with Crippen molar-refractivity contribution in [3.05, 3.63) is 74.7 Å². The van der Waals surface area contributed by atoms with Crippen LogP contribution in [0.2, 0.25) is 5.15 Å². The number of H-pyrrole nitrogens is 1. The standard InChI is InChI=1S/C16H9ClF2N2O2/c17-15-11-3-1-8(6-12(11)16(23)21-20-15)14(22)7-9-5-10(18)2-4-13(9)19/h1-6H,7H2,(H,21,23). The molecule has 0 amide bonds. The number of aromatic amines is 1. The number of ketones is 1. The van der Waals surface area contributed by atoms with E-state index in [1.807, 2.05) is 0 Å². The van der Waals surface area contributed by atoms with Crippen LogP contribution < -0.4 is 5.56 Å². The molecule has 1 aromatic heterocycles. The number of rotatable bonds is 3.